The largest absolute Gasteiger partial charge is 0.490 e. The molecular formula is C22H21ClN2O3S. The van der Waals surface area contributed by atoms with Gasteiger partial charge in [0.05, 0.1) is 11.6 Å². The van der Waals surface area contributed by atoms with Gasteiger partial charge in [-0.3, -0.25) is 14.6 Å². The molecule has 29 heavy (non-hydrogen) atoms. The van der Waals surface area contributed by atoms with Crippen molar-refractivity contribution in [1.82, 2.24) is 10.3 Å². The zero-order valence-electron chi connectivity index (χ0n) is 16.0. The lowest BCUT2D eigenvalue weighted by molar-refractivity contribution is -0.116. The number of pyridine rings is 1. The molecule has 0 aliphatic rings. The number of aldehydes is 1. The summed E-state index contributed by atoms with van der Waals surface area (Å²) in [7, 11) is 0. The van der Waals surface area contributed by atoms with Crippen LogP contribution in [0.2, 0.25) is 5.02 Å². The van der Waals surface area contributed by atoms with Gasteiger partial charge in [-0.15, -0.1) is 0 Å². The summed E-state index contributed by atoms with van der Waals surface area (Å²) >= 11 is 7.43. The third kappa shape index (κ3) is 7.25. The average Bonchev–Trinajstić information content (AvgIpc) is 2.71. The van der Waals surface area contributed by atoms with Gasteiger partial charge in [-0.25, -0.2) is 0 Å². The van der Waals surface area contributed by atoms with Crippen molar-refractivity contribution in [3.05, 3.63) is 82.5 Å². The number of amides is 1. The van der Waals surface area contributed by atoms with Crippen LogP contribution in [0.1, 0.15) is 16.8 Å². The number of hydrogen-bond donors (Lipinski definition) is 1. The first-order valence-electron chi connectivity index (χ1n) is 8.72. The Hall–Kier alpha value is -2.83. The van der Waals surface area contributed by atoms with E-state index in [4.69, 9.17) is 16.3 Å². The number of ether oxygens (including phenoxy) is 1. The van der Waals surface area contributed by atoms with Crippen molar-refractivity contribution in [2.24, 2.45) is 0 Å². The molecule has 0 spiro atoms. The Balaban J connectivity index is 1.80. The minimum atomic E-state index is -0.220. The molecule has 2 aromatic rings. The molecule has 0 atom stereocenters. The first kappa shape index (κ1) is 22.5. The molecule has 0 bridgehead atoms. The number of carbonyl (C=O) groups excluding carboxylic acids is 2. The Labute approximate surface area is 179 Å². The van der Waals surface area contributed by atoms with Crippen LogP contribution in [0.15, 0.2) is 60.7 Å². The van der Waals surface area contributed by atoms with Crippen LogP contribution >= 0.6 is 23.4 Å². The Bertz CT molecular complexity index is 957. The fourth-order valence-electron chi connectivity index (χ4n) is 2.27. The quantitative estimate of drug-likeness (QED) is 0.338. The molecule has 2 rings (SSSR count). The van der Waals surface area contributed by atoms with Gasteiger partial charge in [0.25, 0.3) is 0 Å². The van der Waals surface area contributed by atoms with Crippen molar-refractivity contribution < 1.29 is 14.3 Å². The molecule has 0 saturated heterocycles. The maximum Gasteiger partial charge on any atom is 0.244 e. The monoisotopic (exact) mass is 428 g/mol. The Morgan fingerprint density at radius 1 is 1.34 bits per heavy atom. The van der Waals surface area contributed by atoms with E-state index in [0.29, 0.717) is 33.4 Å². The molecule has 0 saturated carbocycles. The predicted molar refractivity (Wildman–Crippen MR) is 120 cm³/mol. The second kappa shape index (κ2) is 11.2. The number of allylic oxidation sites excluding steroid dienone is 1. The Kier molecular flexibility index (Phi) is 8.70. The molecule has 0 aliphatic heterocycles. The van der Waals surface area contributed by atoms with Gasteiger partial charge >= 0.3 is 0 Å². The van der Waals surface area contributed by atoms with E-state index in [1.165, 1.54) is 17.8 Å². The summed E-state index contributed by atoms with van der Waals surface area (Å²) in [4.78, 5) is 27.8. The standard InChI is InChI=1S/C22H21ClN2O3S/c1-15(14-26)29-17(3)19-6-8-21(20(23)13-19)28-12-11-25-22(27)9-7-18-5-4-10-24-16(18)2/h4-10,13-14H,1,3,11-12H2,2H3,(H,25,27). The summed E-state index contributed by atoms with van der Waals surface area (Å²) in [6, 6.07) is 8.94. The van der Waals surface area contributed by atoms with Crippen molar-refractivity contribution >= 4 is 46.5 Å². The van der Waals surface area contributed by atoms with E-state index in [0.717, 1.165) is 16.8 Å². The van der Waals surface area contributed by atoms with Crippen LogP contribution < -0.4 is 10.1 Å². The molecule has 150 valence electrons. The second-order valence-electron chi connectivity index (χ2n) is 5.91. The SMILES string of the molecule is C=C(C=O)SC(=C)c1ccc(OCCNC(=O)C=Cc2cccnc2C)c(Cl)c1. The smallest absolute Gasteiger partial charge is 0.244 e. The second-order valence-corrected chi connectivity index (χ2v) is 7.53. The molecule has 0 aliphatic carbocycles. The van der Waals surface area contributed by atoms with E-state index in [1.54, 1.807) is 30.5 Å². The Morgan fingerprint density at radius 2 is 2.14 bits per heavy atom. The molecule has 0 fully saturated rings. The van der Waals surface area contributed by atoms with Crippen LogP contribution in [-0.2, 0) is 9.59 Å². The zero-order valence-corrected chi connectivity index (χ0v) is 17.6. The summed E-state index contributed by atoms with van der Waals surface area (Å²) in [6.07, 6.45) is 5.56. The minimum absolute atomic E-state index is 0.220. The van der Waals surface area contributed by atoms with Gasteiger partial charge < -0.3 is 10.1 Å². The topological polar surface area (TPSA) is 68.3 Å². The fraction of sp³-hybridized carbons (Fsp3) is 0.136. The van der Waals surface area contributed by atoms with Crippen molar-refractivity contribution in [3.8, 4) is 5.75 Å². The van der Waals surface area contributed by atoms with Crippen molar-refractivity contribution in [3.63, 3.8) is 0 Å². The maximum absolute atomic E-state index is 11.9. The summed E-state index contributed by atoms with van der Waals surface area (Å²) in [6.45, 7) is 10.00. The van der Waals surface area contributed by atoms with Crippen LogP contribution in [0.25, 0.3) is 11.0 Å². The van der Waals surface area contributed by atoms with E-state index in [1.807, 2.05) is 19.1 Å². The normalized spacial score (nSPS) is 10.6. The van der Waals surface area contributed by atoms with E-state index < -0.39 is 0 Å². The average molecular weight is 429 g/mol. The van der Waals surface area contributed by atoms with Crippen LogP contribution in [-0.4, -0.2) is 30.3 Å². The van der Waals surface area contributed by atoms with Gasteiger partial charge in [0.1, 0.15) is 12.4 Å². The van der Waals surface area contributed by atoms with Crippen LogP contribution in [0.5, 0.6) is 5.75 Å². The fourth-order valence-corrected chi connectivity index (χ4v) is 3.11. The van der Waals surface area contributed by atoms with Crippen molar-refractivity contribution in [2.45, 2.75) is 6.92 Å². The number of halogens is 1. The van der Waals surface area contributed by atoms with Crippen molar-refractivity contribution in [2.75, 3.05) is 13.2 Å². The van der Waals surface area contributed by atoms with Gasteiger partial charge in [-0.1, -0.05) is 48.7 Å². The predicted octanol–water partition coefficient (Wildman–Crippen LogP) is 4.67. The lowest BCUT2D eigenvalue weighted by Gasteiger charge is -2.11. The molecule has 1 N–H and O–H groups in total. The van der Waals surface area contributed by atoms with E-state index >= 15 is 0 Å². The molecule has 1 aromatic carbocycles. The highest BCUT2D eigenvalue weighted by molar-refractivity contribution is 8.12. The highest BCUT2D eigenvalue weighted by Gasteiger charge is 2.07. The lowest BCUT2D eigenvalue weighted by atomic mass is 10.2. The Morgan fingerprint density at radius 3 is 2.83 bits per heavy atom. The highest BCUT2D eigenvalue weighted by Crippen LogP contribution is 2.34. The van der Waals surface area contributed by atoms with E-state index in [9.17, 15) is 9.59 Å². The molecule has 1 amide bonds. The molecular weight excluding hydrogens is 408 g/mol. The number of nitrogens with one attached hydrogen (secondary N) is 1. The number of hydrogen-bond acceptors (Lipinski definition) is 5. The number of benzene rings is 1. The molecule has 0 unspecified atom stereocenters. The van der Waals surface area contributed by atoms with Crippen LogP contribution in [0, 0.1) is 6.92 Å². The number of rotatable bonds is 10. The van der Waals surface area contributed by atoms with Gasteiger partial charge in [0, 0.05) is 27.8 Å². The molecule has 1 heterocycles. The molecule has 7 heteroatoms. The first-order chi connectivity index (χ1) is 13.9. The summed E-state index contributed by atoms with van der Waals surface area (Å²) in [5, 5.41) is 3.16. The molecule has 1 aromatic heterocycles. The lowest BCUT2D eigenvalue weighted by Crippen LogP contribution is -2.26. The van der Waals surface area contributed by atoms with Gasteiger partial charge in [-0.05, 0) is 42.3 Å². The number of carbonyl (C=O) groups is 2. The number of aromatic nitrogens is 1. The van der Waals surface area contributed by atoms with Gasteiger partial charge in [0.2, 0.25) is 5.91 Å². The summed E-state index contributed by atoms with van der Waals surface area (Å²) < 4.78 is 5.62. The van der Waals surface area contributed by atoms with Crippen LogP contribution in [0.4, 0.5) is 0 Å². The number of aryl methyl sites for hydroxylation is 1. The van der Waals surface area contributed by atoms with E-state index in [2.05, 4.69) is 23.5 Å². The summed E-state index contributed by atoms with van der Waals surface area (Å²) in [5.74, 6) is 0.278. The number of nitrogens with zero attached hydrogens (tertiary/aromatic N) is 1. The summed E-state index contributed by atoms with van der Waals surface area (Å²) in [5.41, 5.74) is 2.52. The highest BCUT2D eigenvalue weighted by atomic mass is 35.5. The third-order valence-electron chi connectivity index (χ3n) is 3.76. The third-order valence-corrected chi connectivity index (χ3v) is 4.90. The number of thioether (sulfide) groups is 1. The zero-order chi connectivity index (χ0) is 21.2. The minimum Gasteiger partial charge on any atom is -0.490 e. The first-order valence-corrected chi connectivity index (χ1v) is 9.91. The van der Waals surface area contributed by atoms with Gasteiger partial charge in [0.15, 0.2) is 6.29 Å². The van der Waals surface area contributed by atoms with Crippen molar-refractivity contribution in [1.29, 1.82) is 0 Å². The molecule has 0 radical (unpaired) electrons. The van der Waals surface area contributed by atoms with E-state index in [-0.39, 0.29) is 12.5 Å². The molecule has 5 nitrogen and oxygen atoms in total. The van der Waals surface area contributed by atoms with Gasteiger partial charge in [-0.2, -0.15) is 0 Å². The van der Waals surface area contributed by atoms with Crippen LogP contribution in [0.3, 0.4) is 0 Å². The maximum atomic E-state index is 11.9.